The van der Waals surface area contributed by atoms with Gasteiger partial charge in [0.1, 0.15) is 17.7 Å². The van der Waals surface area contributed by atoms with Crippen LogP contribution in [0, 0.1) is 30.3 Å². The van der Waals surface area contributed by atoms with E-state index in [4.69, 9.17) is 9.84 Å². The van der Waals surface area contributed by atoms with E-state index < -0.39 is 41.4 Å². The highest BCUT2D eigenvalue weighted by molar-refractivity contribution is 5.94. The van der Waals surface area contributed by atoms with Crippen LogP contribution in [0.4, 0.5) is 29.1 Å². The number of carbonyl (C=O) groups excluding carboxylic acids is 1. The van der Waals surface area contributed by atoms with Gasteiger partial charge in [0.15, 0.2) is 28.8 Å². The average molecular weight is 586 g/mol. The number of aromatic nitrogens is 3. The van der Waals surface area contributed by atoms with Crippen LogP contribution >= 0.6 is 0 Å². The molecule has 4 aromatic rings. The molecule has 2 aromatic carbocycles. The monoisotopic (exact) mass is 585 g/mol. The zero-order chi connectivity index (χ0) is 30.3. The molecule has 1 fully saturated rings. The number of methoxy groups -OCH3 is 1. The number of fused-ring (bicyclic) bond motifs is 1. The number of hydrogen-bond donors (Lipinski definition) is 1. The Morgan fingerprint density at radius 3 is 2.50 bits per heavy atom. The predicted octanol–water partition coefficient (Wildman–Crippen LogP) is 5.17. The predicted molar refractivity (Wildman–Crippen MR) is 145 cm³/mol. The minimum atomic E-state index is -1.61. The summed E-state index contributed by atoms with van der Waals surface area (Å²) in [7, 11) is 3.21. The molecule has 9 nitrogen and oxygen atoms in total. The molecule has 220 valence electrons. The Labute approximate surface area is 237 Å². The quantitative estimate of drug-likeness (QED) is 0.236. The Hall–Kier alpha value is -4.68. The third-order valence-electron chi connectivity index (χ3n) is 7.41. The Morgan fingerprint density at radius 1 is 1.14 bits per heavy atom. The summed E-state index contributed by atoms with van der Waals surface area (Å²) in [5.41, 5.74) is 1.56. The van der Waals surface area contributed by atoms with Crippen LogP contribution in [0.15, 0.2) is 42.5 Å². The number of piperidine rings is 1. The van der Waals surface area contributed by atoms with E-state index in [0.29, 0.717) is 17.3 Å². The first-order chi connectivity index (χ1) is 20.0. The van der Waals surface area contributed by atoms with Crippen LogP contribution in [0.5, 0.6) is 5.75 Å². The number of carboxylic acids is 1. The fourth-order valence-corrected chi connectivity index (χ4v) is 5.25. The van der Waals surface area contributed by atoms with E-state index in [9.17, 15) is 27.2 Å². The summed E-state index contributed by atoms with van der Waals surface area (Å²) in [4.78, 5) is 31.9. The van der Waals surface area contributed by atoms with Crippen molar-refractivity contribution in [2.24, 2.45) is 5.92 Å². The van der Waals surface area contributed by atoms with Crippen molar-refractivity contribution in [2.75, 3.05) is 32.1 Å². The van der Waals surface area contributed by atoms with Gasteiger partial charge in [0.2, 0.25) is 0 Å². The van der Waals surface area contributed by atoms with Gasteiger partial charge in [0.25, 0.3) is 5.91 Å². The number of benzene rings is 2. The summed E-state index contributed by atoms with van der Waals surface area (Å²) in [6.07, 6.45) is -1.66. The van der Waals surface area contributed by atoms with Gasteiger partial charge in [-0.1, -0.05) is 12.1 Å². The Balaban J connectivity index is 1.61. The van der Waals surface area contributed by atoms with Crippen LogP contribution in [0.1, 0.15) is 28.9 Å². The largest absolute Gasteiger partial charge is 0.495 e. The van der Waals surface area contributed by atoms with E-state index in [-0.39, 0.29) is 48.5 Å². The van der Waals surface area contributed by atoms with Crippen molar-refractivity contribution >= 4 is 29.0 Å². The fourth-order valence-electron chi connectivity index (χ4n) is 5.25. The molecule has 0 radical (unpaired) electrons. The topological polar surface area (TPSA) is 100 Å². The number of likely N-dealkylation sites (tertiary alicyclic amines) is 1. The summed E-state index contributed by atoms with van der Waals surface area (Å²) >= 11 is 0. The molecule has 1 unspecified atom stereocenters. The number of carboxylic acid groups (broad SMARTS) is 1. The fraction of sp³-hybridized carbons (Fsp3) is 0.310. The molecule has 0 spiro atoms. The van der Waals surface area contributed by atoms with Crippen LogP contribution in [-0.4, -0.2) is 69.9 Å². The van der Waals surface area contributed by atoms with E-state index in [2.05, 4.69) is 10.1 Å². The molecule has 42 heavy (non-hydrogen) atoms. The number of rotatable bonds is 7. The number of amides is 1. The molecular weight excluding hydrogens is 558 g/mol. The molecule has 2 aromatic heterocycles. The second-order valence-corrected chi connectivity index (χ2v) is 10.2. The number of nitrogens with zero attached hydrogens (tertiary/aromatic N) is 5. The number of anilines is 2. The van der Waals surface area contributed by atoms with E-state index in [0.717, 1.165) is 17.7 Å². The van der Waals surface area contributed by atoms with Crippen molar-refractivity contribution in [1.29, 1.82) is 0 Å². The number of ether oxygens (including phenoxy) is 1. The van der Waals surface area contributed by atoms with Crippen LogP contribution in [0.25, 0.3) is 16.9 Å². The molecule has 1 N–H and O–H groups in total. The highest BCUT2D eigenvalue weighted by Gasteiger charge is 2.34. The summed E-state index contributed by atoms with van der Waals surface area (Å²) in [6, 6.07) is 9.92. The maximum absolute atomic E-state index is 14.7. The lowest BCUT2D eigenvalue weighted by Crippen LogP contribution is -2.45. The molecule has 1 saturated heterocycles. The summed E-state index contributed by atoms with van der Waals surface area (Å²) in [6.45, 7) is 1.72. The lowest BCUT2D eigenvalue weighted by atomic mass is 9.91. The first-order valence-corrected chi connectivity index (χ1v) is 13.1. The van der Waals surface area contributed by atoms with Crippen molar-refractivity contribution in [3.8, 4) is 17.0 Å². The number of aryl methyl sites for hydroxylation is 1. The Bertz CT molecular complexity index is 1670. The first-order valence-electron chi connectivity index (χ1n) is 13.1. The molecule has 13 heteroatoms. The minimum Gasteiger partial charge on any atom is -0.495 e. The number of para-hydroxylation sites is 1. The number of halogens is 4. The average Bonchev–Trinajstić information content (AvgIpc) is 3.39. The number of carbonyl (C=O) groups is 2. The van der Waals surface area contributed by atoms with Crippen molar-refractivity contribution in [3.63, 3.8) is 0 Å². The van der Waals surface area contributed by atoms with Gasteiger partial charge in [-0.25, -0.2) is 22.5 Å². The third kappa shape index (κ3) is 5.33. The van der Waals surface area contributed by atoms with Gasteiger partial charge in [-0.15, -0.1) is 0 Å². The molecule has 1 amide bonds. The third-order valence-corrected chi connectivity index (χ3v) is 7.41. The highest BCUT2D eigenvalue weighted by atomic mass is 19.2. The van der Waals surface area contributed by atoms with Gasteiger partial charge >= 0.3 is 5.97 Å². The van der Waals surface area contributed by atoms with E-state index in [1.165, 1.54) is 28.7 Å². The molecule has 0 aliphatic carbocycles. The van der Waals surface area contributed by atoms with Crippen molar-refractivity contribution in [1.82, 2.24) is 19.5 Å². The SMILES string of the molecule is COc1cccc(C)c1N(C)c1cc(-c2cc(F)c(F)c(F)c2)nc2cc(C(=O)N3CCC(CC(=O)O)[C@@H](F)C3)nn12. The van der Waals surface area contributed by atoms with E-state index in [1.807, 2.05) is 19.1 Å². The molecule has 0 saturated carbocycles. The number of aliphatic carboxylic acids is 1. The second kappa shape index (κ2) is 11.3. The molecule has 5 rings (SSSR count). The molecule has 3 heterocycles. The summed E-state index contributed by atoms with van der Waals surface area (Å²) in [5.74, 6) is -5.93. The van der Waals surface area contributed by atoms with Crippen molar-refractivity contribution in [2.45, 2.75) is 25.9 Å². The Kier molecular flexibility index (Phi) is 7.76. The normalized spacial score (nSPS) is 17.0. The lowest BCUT2D eigenvalue weighted by Gasteiger charge is -2.33. The van der Waals surface area contributed by atoms with Gasteiger partial charge < -0.3 is 19.6 Å². The molecule has 2 atom stereocenters. The van der Waals surface area contributed by atoms with E-state index >= 15 is 0 Å². The van der Waals surface area contributed by atoms with Crippen molar-refractivity contribution in [3.05, 3.63) is 71.2 Å². The Morgan fingerprint density at radius 2 is 1.86 bits per heavy atom. The van der Waals surface area contributed by atoms with Gasteiger partial charge in [0, 0.05) is 37.2 Å². The first kappa shape index (κ1) is 28.8. The molecular formula is C29H27F4N5O4. The second-order valence-electron chi connectivity index (χ2n) is 10.2. The maximum atomic E-state index is 14.7. The lowest BCUT2D eigenvalue weighted by molar-refractivity contribution is -0.139. The van der Waals surface area contributed by atoms with E-state index in [1.54, 1.807) is 18.0 Å². The molecule has 1 aliphatic rings. The summed E-state index contributed by atoms with van der Waals surface area (Å²) in [5, 5.41) is 13.5. The molecule has 1 aliphatic heterocycles. The van der Waals surface area contributed by atoms with Gasteiger partial charge in [-0.2, -0.15) is 9.61 Å². The zero-order valence-corrected chi connectivity index (χ0v) is 22.9. The number of hydrogen-bond acceptors (Lipinski definition) is 6. The summed E-state index contributed by atoms with van der Waals surface area (Å²) < 4.78 is 63.7. The standard InChI is InChI=1S/C29H27F4N5O4/c1-15-5-4-6-23(42-3)28(15)36(2)25-13-21(17-9-18(30)27(33)19(31)10-17)34-24-12-22(35-38(24)25)29(41)37-8-7-16(11-26(39)40)20(32)14-37/h4-6,9-10,12-13,16,20H,7-8,11,14H2,1-3H3,(H,39,40)/t16?,20-/m0/s1. The molecule has 0 bridgehead atoms. The highest BCUT2D eigenvalue weighted by Crippen LogP contribution is 2.37. The van der Waals surface area contributed by atoms with Crippen LogP contribution < -0.4 is 9.64 Å². The van der Waals surface area contributed by atoms with Crippen LogP contribution in [0.2, 0.25) is 0 Å². The van der Waals surface area contributed by atoms with Gasteiger partial charge in [-0.05, 0) is 37.1 Å². The van der Waals surface area contributed by atoms with Gasteiger partial charge in [0.05, 0.1) is 31.5 Å². The van der Waals surface area contributed by atoms with Crippen LogP contribution in [0.3, 0.4) is 0 Å². The smallest absolute Gasteiger partial charge is 0.303 e. The van der Waals surface area contributed by atoms with Crippen LogP contribution in [-0.2, 0) is 4.79 Å². The zero-order valence-electron chi connectivity index (χ0n) is 22.9. The van der Waals surface area contributed by atoms with Crippen molar-refractivity contribution < 1.29 is 37.0 Å². The number of alkyl halides is 1. The maximum Gasteiger partial charge on any atom is 0.303 e. The minimum absolute atomic E-state index is 0.0462. The van der Waals surface area contributed by atoms with Gasteiger partial charge in [-0.3, -0.25) is 9.59 Å².